The van der Waals surface area contributed by atoms with Gasteiger partial charge in [0.2, 0.25) is 5.91 Å². The van der Waals surface area contributed by atoms with Gasteiger partial charge in [0.25, 0.3) is 0 Å². The van der Waals surface area contributed by atoms with Crippen LogP contribution < -0.4 is 10.6 Å². The summed E-state index contributed by atoms with van der Waals surface area (Å²) in [6.07, 6.45) is -0.388. The second-order valence-electron chi connectivity index (χ2n) is 6.07. The van der Waals surface area contributed by atoms with Gasteiger partial charge in [0.1, 0.15) is 11.1 Å². The second kappa shape index (κ2) is 6.67. The average Bonchev–Trinajstić information content (AvgIpc) is 2.37. The Hall–Kier alpha value is -2.25. The molecule has 0 spiro atoms. The fourth-order valence-electron chi connectivity index (χ4n) is 2.28. The van der Waals surface area contributed by atoms with E-state index in [-0.39, 0.29) is 26.1 Å². The van der Waals surface area contributed by atoms with Gasteiger partial charge in [-0.25, -0.2) is 9.59 Å². The molecule has 3 N–H and O–H groups in total. The van der Waals surface area contributed by atoms with Crippen LogP contribution in [-0.4, -0.2) is 58.9 Å². The molecule has 0 aromatic heterocycles. The molecule has 1 atom stereocenters. The lowest BCUT2D eigenvalue weighted by molar-refractivity contribution is -0.135. The highest BCUT2D eigenvalue weighted by Crippen LogP contribution is 2.23. The Morgan fingerprint density at radius 2 is 2.18 bits per heavy atom. The predicted octanol–water partition coefficient (Wildman–Crippen LogP) is 0.936. The van der Waals surface area contributed by atoms with Gasteiger partial charge in [-0.05, 0) is 27.2 Å². The summed E-state index contributed by atoms with van der Waals surface area (Å²) in [5.74, 6) is -0.461. The minimum Gasteiger partial charge on any atom is -0.465 e. The van der Waals surface area contributed by atoms with Gasteiger partial charge in [-0.1, -0.05) is 6.08 Å². The smallest absolute Gasteiger partial charge is 0.408 e. The van der Waals surface area contributed by atoms with Crippen molar-refractivity contribution < 1.29 is 24.2 Å². The number of carbonyl (C=O) groups is 3. The van der Waals surface area contributed by atoms with E-state index >= 15 is 0 Å². The van der Waals surface area contributed by atoms with E-state index in [1.807, 2.05) is 0 Å². The first-order valence-corrected chi connectivity index (χ1v) is 6.99. The normalized spacial score (nSPS) is 21.8. The van der Waals surface area contributed by atoms with Gasteiger partial charge in [0.15, 0.2) is 0 Å². The van der Waals surface area contributed by atoms with Gasteiger partial charge < -0.3 is 20.5 Å². The molecule has 0 radical (unpaired) electrons. The highest BCUT2D eigenvalue weighted by Gasteiger charge is 2.48. The summed E-state index contributed by atoms with van der Waals surface area (Å²) in [4.78, 5) is 36.5. The maximum Gasteiger partial charge on any atom is 0.408 e. The van der Waals surface area contributed by atoms with Crippen LogP contribution in [0, 0.1) is 0 Å². The van der Waals surface area contributed by atoms with E-state index in [1.165, 1.54) is 6.08 Å². The van der Waals surface area contributed by atoms with Crippen molar-refractivity contribution in [2.24, 2.45) is 0 Å². The van der Waals surface area contributed by atoms with E-state index in [9.17, 15) is 19.5 Å². The average molecular weight is 313 g/mol. The van der Waals surface area contributed by atoms with E-state index in [4.69, 9.17) is 4.74 Å². The van der Waals surface area contributed by atoms with Crippen molar-refractivity contribution in [2.45, 2.75) is 38.3 Å². The summed E-state index contributed by atoms with van der Waals surface area (Å²) >= 11 is 0. The number of carbonyl (C=O) groups excluding carboxylic acids is 2. The third kappa shape index (κ3) is 4.12. The van der Waals surface area contributed by atoms with Gasteiger partial charge in [0, 0.05) is 13.1 Å². The molecule has 3 amide bonds. The van der Waals surface area contributed by atoms with Crippen LogP contribution in [0.15, 0.2) is 12.7 Å². The standard InChI is InChI=1S/C14H23N3O5/c1-5-6-14(9-16-11(19)22-13(2,3)4)10(18)15-7-8-17(14)12(20)21/h5H,1,6-9H2,2-4H3,(H,15,18)(H,16,19)(H,20,21)/t14-/m1/s1. The number of nitrogens with one attached hydrogen (secondary N) is 2. The number of amides is 3. The lowest BCUT2D eigenvalue weighted by atomic mass is 9.89. The molecule has 1 heterocycles. The minimum atomic E-state index is -1.41. The van der Waals surface area contributed by atoms with E-state index in [1.54, 1.807) is 20.8 Å². The van der Waals surface area contributed by atoms with Gasteiger partial charge in [0.05, 0.1) is 6.54 Å². The maximum absolute atomic E-state index is 12.3. The molecule has 8 nitrogen and oxygen atoms in total. The van der Waals surface area contributed by atoms with Crippen LogP contribution in [0.2, 0.25) is 0 Å². The third-order valence-electron chi connectivity index (χ3n) is 3.20. The van der Waals surface area contributed by atoms with Crippen LogP contribution in [0.25, 0.3) is 0 Å². The molecule has 0 aromatic carbocycles. The molecular formula is C14H23N3O5. The molecule has 1 saturated heterocycles. The van der Waals surface area contributed by atoms with Gasteiger partial charge in [-0.15, -0.1) is 6.58 Å². The largest absolute Gasteiger partial charge is 0.465 e. The number of nitrogens with zero attached hydrogens (tertiary/aromatic N) is 1. The Bertz CT molecular complexity index is 472. The van der Waals surface area contributed by atoms with Crippen molar-refractivity contribution in [2.75, 3.05) is 19.6 Å². The van der Waals surface area contributed by atoms with Crippen molar-refractivity contribution in [3.8, 4) is 0 Å². The van der Waals surface area contributed by atoms with Crippen LogP contribution in [0.3, 0.4) is 0 Å². The van der Waals surface area contributed by atoms with Crippen molar-refractivity contribution in [3.63, 3.8) is 0 Å². The zero-order valence-corrected chi connectivity index (χ0v) is 13.1. The number of carboxylic acid groups (broad SMARTS) is 1. The van der Waals surface area contributed by atoms with Crippen LogP contribution >= 0.6 is 0 Å². The monoisotopic (exact) mass is 313 g/mol. The lowest BCUT2D eigenvalue weighted by Gasteiger charge is -2.43. The van der Waals surface area contributed by atoms with Crippen LogP contribution in [0.4, 0.5) is 9.59 Å². The Balaban J connectivity index is 2.93. The molecule has 0 bridgehead atoms. The summed E-state index contributed by atoms with van der Waals surface area (Å²) in [5.41, 5.74) is -2.10. The SMILES string of the molecule is C=CC[C@@]1(CNC(=O)OC(C)(C)C)C(=O)NCCN1C(=O)O. The number of piperazine rings is 1. The van der Waals surface area contributed by atoms with E-state index in [0.717, 1.165) is 4.90 Å². The zero-order chi connectivity index (χ0) is 17.0. The summed E-state index contributed by atoms with van der Waals surface area (Å²) < 4.78 is 5.11. The van der Waals surface area contributed by atoms with Crippen LogP contribution in [-0.2, 0) is 9.53 Å². The summed E-state index contributed by atoms with van der Waals surface area (Å²) in [6, 6.07) is 0. The summed E-state index contributed by atoms with van der Waals surface area (Å²) in [6.45, 7) is 8.89. The Kier molecular flexibility index (Phi) is 5.40. The summed E-state index contributed by atoms with van der Waals surface area (Å²) in [5, 5.41) is 14.4. The van der Waals surface area contributed by atoms with Gasteiger partial charge >= 0.3 is 12.2 Å². The maximum atomic E-state index is 12.3. The van der Waals surface area contributed by atoms with Crippen LogP contribution in [0.1, 0.15) is 27.2 Å². The number of hydrogen-bond acceptors (Lipinski definition) is 4. The highest BCUT2D eigenvalue weighted by molar-refractivity contribution is 5.91. The van der Waals surface area contributed by atoms with Crippen LogP contribution in [0.5, 0.6) is 0 Å². The first-order valence-electron chi connectivity index (χ1n) is 6.99. The fourth-order valence-corrected chi connectivity index (χ4v) is 2.28. The van der Waals surface area contributed by atoms with Crippen molar-refractivity contribution in [1.29, 1.82) is 0 Å². The van der Waals surface area contributed by atoms with Crippen molar-refractivity contribution in [3.05, 3.63) is 12.7 Å². The lowest BCUT2D eigenvalue weighted by Crippen LogP contribution is -2.69. The van der Waals surface area contributed by atoms with Crippen molar-refractivity contribution in [1.82, 2.24) is 15.5 Å². The molecular weight excluding hydrogens is 290 g/mol. The zero-order valence-electron chi connectivity index (χ0n) is 13.1. The molecule has 124 valence electrons. The Labute approximate surface area is 129 Å². The number of rotatable bonds is 4. The topological polar surface area (TPSA) is 108 Å². The molecule has 1 aliphatic rings. The predicted molar refractivity (Wildman–Crippen MR) is 79.5 cm³/mol. The molecule has 1 rings (SSSR count). The van der Waals surface area contributed by atoms with E-state index in [2.05, 4.69) is 17.2 Å². The number of ether oxygens (including phenoxy) is 1. The first kappa shape index (κ1) is 17.8. The number of alkyl carbamates (subject to hydrolysis) is 1. The molecule has 0 saturated carbocycles. The van der Waals surface area contributed by atoms with E-state index in [0.29, 0.717) is 0 Å². The molecule has 0 unspecified atom stereocenters. The van der Waals surface area contributed by atoms with Gasteiger partial charge in [-0.3, -0.25) is 9.69 Å². The first-order chi connectivity index (χ1) is 10.1. The molecule has 8 heteroatoms. The molecule has 1 aliphatic heterocycles. The molecule has 0 aromatic rings. The van der Waals surface area contributed by atoms with Gasteiger partial charge in [-0.2, -0.15) is 0 Å². The highest BCUT2D eigenvalue weighted by atomic mass is 16.6. The third-order valence-corrected chi connectivity index (χ3v) is 3.20. The van der Waals surface area contributed by atoms with Crippen molar-refractivity contribution >= 4 is 18.1 Å². The minimum absolute atomic E-state index is 0.0843. The molecule has 22 heavy (non-hydrogen) atoms. The quantitative estimate of drug-likeness (QED) is 0.669. The second-order valence-corrected chi connectivity index (χ2v) is 6.07. The summed E-state index contributed by atoms with van der Waals surface area (Å²) in [7, 11) is 0. The fraction of sp³-hybridized carbons (Fsp3) is 0.643. The molecule has 1 fully saturated rings. The molecule has 0 aliphatic carbocycles. The Morgan fingerprint density at radius 1 is 1.55 bits per heavy atom. The Morgan fingerprint density at radius 3 is 2.68 bits per heavy atom. The number of hydrogen-bond donors (Lipinski definition) is 3. The van der Waals surface area contributed by atoms with E-state index < -0.39 is 29.2 Å².